The van der Waals surface area contributed by atoms with Crippen LogP contribution in [-0.4, -0.2) is 66.3 Å². The van der Waals surface area contributed by atoms with Crippen molar-refractivity contribution in [1.29, 1.82) is 0 Å². The number of hydrogen-bond donors (Lipinski definition) is 3. The smallest absolute Gasteiger partial charge is 0.457 e. The summed E-state index contributed by atoms with van der Waals surface area (Å²) in [5.41, 5.74) is 0. The van der Waals surface area contributed by atoms with Crippen LogP contribution < -0.4 is 0 Å². The van der Waals surface area contributed by atoms with Gasteiger partial charge in [0.1, 0.15) is 12.2 Å². The number of esters is 1. The van der Waals surface area contributed by atoms with Crippen LogP contribution in [0.15, 0.2) is 0 Å². The fourth-order valence-electron chi connectivity index (χ4n) is 8.18. The van der Waals surface area contributed by atoms with E-state index in [1.807, 2.05) is 0 Å². The van der Waals surface area contributed by atoms with Crippen LogP contribution in [-0.2, 0) is 27.9 Å². The number of ether oxygens (including phenoxy) is 2. The number of hydrogen-bond acceptors (Lipinski definition) is 8. The first-order valence-electron chi connectivity index (χ1n) is 27.0. The van der Waals surface area contributed by atoms with Crippen molar-refractivity contribution in [3.05, 3.63) is 0 Å². The highest BCUT2D eigenvalue weighted by molar-refractivity contribution is 7.47. The summed E-state index contributed by atoms with van der Waals surface area (Å²) < 4.78 is 33.6. The number of phosphoric acid groups is 1. The largest absolute Gasteiger partial charge is 0.472 e. The first-order chi connectivity index (χ1) is 30.3. The minimum absolute atomic E-state index is 0.0590. The van der Waals surface area contributed by atoms with Crippen LogP contribution in [0.25, 0.3) is 0 Å². The Morgan fingerprint density at radius 3 is 1.05 bits per heavy atom. The van der Waals surface area contributed by atoms with Crippen LogP contribution >= 0.6 is 7.82 Å². The highest BCUT2D eigenvalue weighted by Gasteiger charge is 2.26. The standard InChI is InChI=1S/C52H105O9P/c1-3-5-7-9-11-13-15-17-19-21-23-25-26-28-30-32-34-36-38-40-42-44-52(55)61-51(49-60-62(56,57)59-47-50(54)46-53)48-58-45-43-41-39-37-35-33-31-29-27-24-22-20-18-16-14-12-10-8-6-4-2/h50-51,53-54H,3-49H2,1-2H3,(H,56,57)/t50-,51+/m0/s1. The number of carbonyl (C=O) groups excluding carboxylic acids is 1. The zero-order chi connectivity index (χ0) is 45.3. The lowest BCUT2D eigenvalue weighted by molar-refractivity contribution is -0.154. The molecule has 0 amide bonds. The van der Waals surface area contributed by atoms with Gasteiger partial charge >= 0.3 is 13.8 Å². The van der Waals surface area contributed by atoms with Gasteiger partial charge in [-0.1, -0.05) is 264 Å². The van der Waals surface area contributed by atoms with Crippen molar-refractivity contribution in [2.24, 2.45) is 0 Å². The van der Waals surface area contributed by atoms with E-state index in [1.165, 1.54) is 231 Å². The molecule has 0 radical (unpaired) electrons. The minimum Gasteiger partial charge on any atom is -0.457 e. The molecule has 372 valence electrons. The summed E-state index contributed by atoms with van der Waals surface area (Å²) in [6.07, 6.45) is 52.2. The van der Waals surface area contributed by atoms with Crippen molar-refractivity contribution in [2.45, 2.75) is 296 Å². The molecule has 0 spiro atoms. The van der Waals surface area contributed by atoms with Crippen molar-refractivity contribution in [3.63, 3.8) is 0 Å². The Morgan fingerprint density at radius 1 is 0.435 bits per heavy atom. The van der Waals surface area contributed by atoms with E-state index in [9.17, 15) is 19.4 Å². The van der Waals surface area contributed by atoms with Crippen molar-refractivity contribution in [3.8, 4) is 0 Å². The molecule has 10 heteroatoms. The molecule has 0 aliphatic heterocycles. The van der Waals surface area contributed by atoms with Gasteiger partial charge in [-0.05, 0) is 12.8 Å². The molecule has 62 heavy (non-hydrogen) atoms. The number of phosphoric ester groups is 1. The molecule has 0 saturated heterocycles. The van der Waals surface area contributed by atoms with Gasteiger partial charge in [0.15, 0.2) is 0 Å². The fourth-order valence-corrected chi connectivity index (χ4v) is 8.97. The van der Waals surface area contributed by atoms with Gasteiger partial charge in [-0.2, -0.15) is 0 Å². The van der Waals surface area contributed by atoms with Crippen LogP contribution in [0.4, 0.5) is 0 Å². The van der Waals surface area contributed by atoms with Crippen molar-refractivity contribution in [2.75, 3.05) is 33.0 Å². The average Bonchev–Trinajstić information content (AvgIpc) is 3.26. The number of carbonyl (C=O) groups is 1. The Balaban J connectivity index is 3.98. The molecule has 0 bridgehead atoms. The number of aliphatic hydroxyl groups excluding tert-OH is 2. The number of rotatable bonds is 53. The second kappa shape index (κ2) is 49.9. The van der Waals surface area contributed by atoms with Gasteiger partial charge in [0.2, 0.25) is 0 Å². The van der Waals surface area contributed by atoms with Crippen molar-refractivity contribution < 1.29 is 43.0 Å². The topological polar surface area (TPSA) is 132 Å². The molecule has 0 rings (SSSR count). The predicted molar refractivity (Wildman–Crippen MR) is 261 cm³/mol. The van der Waals surface area contributed by atoms with Gasteiger partial charge in [-0.3, -0.25) is 13.8 Å². The second-order valence-corrected chi connectivity index (χ2v) is 20.1. The molecule has 1 unspecified atom stereocenters. The van der Waals surface area contributed by atoms with Gasteiger partial charge < -0.3 is 24.6 Å². The molecule has 0 heterocycles. The molecule has 0 aromatic rings. The Kier molecular flexibility index (Phi) is 49.5. The van der Waals surface area contributed by atoms with Gasteiger partial charge in [0.25, 0.3) is 0 Å². The van der Waals surface area contributed by atoms with Crippen LogP contribution in [0.1, 0.15) is 284 Å². The molecule has 0 aromatic heterocycles. The van der Waals surface area contributed by atoms with Crippen molar-refractivity contribution >= 4 is 13.8 Å². The summed E-state index contributed by atoms with van der Waals surface area (Å²) in [4.78, 5) is 22.7. The third-order valence-electron chi connectivity index (χ3n) is 12.3. The van der Waals surface area contributed by atoms with Crippen LogP contribution in [0.2, 0.25) is 0 Å². The maximum absolute atomic E-state index is 12.7. The van der Waals surface area contributed by atoms with Crippen molar-refractivity contribution in [1.82, 2.24) is 0 Å². The van der Waals surface area contributed by atoms with Crippen LogP contribution in [0, 0.1) is 0 Å². The molecular weight excluding hydrogens is 800 g/mol. The highest BCUT2D eigenvalue weighted by Crippen LogP contribution is 2.43. The molecule has 9 nitrogen and oxygen atoms in total. The molecule has 0 fully saturated rings. The maximum atomic E-state index is 12.7. The maximum Gasteiger partial charge on any atom is 0.472 e. The molecular formula is C52H105O9P. The van der Waals surface area contributed by atoms with E-state index in [0.717, 1.165) is 32.1 Å². The number of unbranched alkanes of at least 4 members (excludes halogenated alkanes) is 39. The van der Waals surface area contributed by atoms with Gasteiger partial charge in [-0.25, -0.2) is 4.57 Å². The van der Waals surface area contributed by atoms with Gasteiger partial charge in [0.05, 0.1) is 26.4 Å². The summed E-state index contributed by atoms with van der Waals surface area (Å²) in [6.45, 7) is 3.61. The summed E-state index contributed by atoms with van der Waals surface area (Å²) >= 11 is 0. The predicted octanol–water partition coefficient (Wildman–Crippen LogP) is 15.8. The Bertz CT molecular complexity index is 938. The lowest BCUT2D eigenvalue weighted by Gasteiger charge is -2.20. The zero-order valence-corrected chi connectivity index (χ0v) is 42.0. The average molecular weight is 905 g/mol. The molecule has 3 atom stereocenters. The van der Waals surface area contributed by atoms with E-state index in [4.69, 9.17) is 23.6 Å². The van der Waals surface area contributed by atoms with E-state index >= 15 is 0 Å². The second-order valence-electron chi connectivity index (χ2n) is 18.6. The molecule has 0 saturated carbocycles. The summed E-state index contributed by atoms with van der Waals surface area (Å²) in [5, 5.41) is 18.4. The SMILES string of the molecule is CCCCCCCCCCCCCCCCCCCCCCCC(=O)O[C@H](COCCCCCCCCCCCCCCCCCCCCCC)COP(=O)(O)OC[C@@H](O)CO. The molecule has 0 aromatic carbocycles. The van der Waals surface area contributed by atoms with Crippen LogP contribution in [0.3, 0.4) is 0 Å². The number of aliphatic hydroxyl groups is 2. The Labute approximate surface area is 384 Å². The van der Waals surface area contributed by atoms with Crippen LogP contribution in [0.5, 0.6) is 0 Å². The lowest BCUT2D eigenvalue weighted by Crippen LogP contribution is -2.29. The first kappa shape index (κ1) is 61.5. The Morgan fingerprint density at radius 2 is 0.726 bits per heavy atom. The van der Waals surface area contributed by atoms with E-state index < -0.39 is 33.2 Å². The van der Waals surface area contributed by atoms with Gasteiger partial charge in [-0.15, -0.1) is 0 Å². The van der Waals surface area contributed by atoms with E-state index in [-0.39, 0.29) is 25.6 Å². The summed E-state index contributed by atoms with van der Waals surface area (Å²) in [7, 11) is -4.52. The van der Waals surface area contributed by atoms with E-state index in [2.05, 4.69) is 13.8 Å². The normalized spacial score (nSPS) is 13.7. The molecule has 3 N–H and O–H groups in total. The highest BCUT2D eigenvalue weighted by atomic mass is 31.2. The van der Waals surface area contributed by atoms with E-state index in [1.54, 1.807) is 0 Å². The third-order valence-corrected chi connectivity index (χ3v) is 13.2. The first-order valence-corrected chi connectivity index (χ1v) is 28.5. The monoisotopic (exact) mass is 905 g/mol. The quantitative estimate of drug-likeness (QED) is 0.0310. The van der Waals surface area contributed by atoms with E-state index in [0.29, 0.717) is 6.61 Å². The van der Waals surface area contributed by atoms with Gasteiger partial charge in [0, 0.05) is 13.0 Å². The minimum atomic E-state index is -4.52. The summed E-state index contributed by atoms with van der Waals surface area (Å²) in [5.74, 6) is -0.372. The molecule has 0 aliphatic carbocycles. The third kappa shape index (κ3) is 48.9. The fraction of sp³-hybridized carbons (Fsp3) is 0.981. The lowest BCUT2D eigenvalue weighted by atomic mass is 10.0. The zero-order valence-electron chi connectivity index (χ0n) is 41.1. The summed E-state index contributed by atoms with van der Waals surface area (Å²) in [6, 6.07) is 0. The Hall–Kier alpha value is -0.540. The molecule has 0 aliphatic rings.